The molecule has 3 aromatic rings. The molecule has 0 N–H and O–H groups in total. The van der Waals surface area contributed by atoms with Gasteiger partial charge in [0.25, 0.3) is 0 Å². The third-order valence-electron chi connectivity index (χ3n) is 5.33. The molecule has 2 heterocycles. The summed E-state index contributed by atoms with van der Waals surface area (Å²) >= 11 is 0. The molecule has 5 nitrogen and oxygen atoms in total. The normalized spacial score (nSPS) is 19.8. The summed E-state index contributed by atoms with van der Waals surface area (Å²) in [6, 6.07) is 14.4. The van der Waals surface area contributed by atoms with Crippen LogP contribution in [-0.4, -0.2) is 25.9 Å². The van der Waals surface area contributed by atoms with Crippen molar-refractivity contribution in [3.63, 3.8) is 0 Å². The zero-order chi connectivity index (χ0) is 18.6. The molecule has 0 amide bonds. The number of ether oxygens (including phenoxy) is 1. The first-order valence-electron chi connectivity index (χ1n) is 9.83. The topological polar surface area (TPSA) is 52.8 Å². The maximum absolute atomic E-state index is 6.04. The lowest BCUT2D eigenvalue weighted by Crippen LogP contribution is -2.25. The highest BCUT2D eigenvalue weighted by Crippen LogP contribution is 2.35. The van der Waals surface area contributed by atoms with Crippen LogP contribution in [0.4, 0.5) is 0 Å². The van der Waals surface area contributed by atoms with E-state index in [0.717, 1.165) is 55.3 Å². The van der Waals surface area contributed by atoms with Crippen molar-refractivity contribution in [3.8, 4) is 11.6 Å². The summed E-state index contributed by atoms with van der Waals surface area (Å²) in [6.07, 6.45) is 7.04. The minimum Gasteiger partial charge on any atom is -0.474 e. The monoisotopic (exact) mass is 362 g/mol. The summed E-state index contributed by atoms with van der Waals surface area (Å²) in [7, 11) is 0. The van der Waals surface area contributed by atoms with Crippen molar-refractivity contribution in [1.29, 1.82) is 0 Å². The molecule has 1 aliphatic rings. The summed E-state index contributed by atoms with van der Waals surface area (Å²) in [6.45, 7) is 4.25. The smallest absolute Gasteiger partial charge is 0.213 e. The fourth-order valence-electron chi connectivity index (χ4n) is 3.83. The van der Waals surface area contributed by atoms with Crippen LogP contribution in [0.3, 0.4) is 0 Å². The second kappa shape index (κ2) is 7.91. The zero-order valence-corrected chi connectivity index (χ0v) is 16.0. The number of hydrogen-bond acceptors (Lipinski definition) is 4. The molecule has 0 atom stereocenters. The summed E-state index contributed by atoms with van der Waals surface area (Å²) < 4.78 is 8.29. The average molecular weight is 362 g/mol. The van der Waals surface area contributed by atoms with Crippen molar-refractivity contribution >= 4 is 0 Å². The SMILES string of the molecule is CCc1nnc([C@H]2CC[C@H](Oc3ccccn3)CC2)n1-c1ccc(C)cc1. The minimum atomic E-state index is 0.234. The van der Waals surface area contributed by atoms with Crippen molar-refractivity contribution in [2.75, 3.05) is 0 Å². The van der Waals surface area contributed by atoms with Gasteiger partial charge in [0.1, 0.15) is 17.8 Å². The Labute approximate surface area is 160 Å². The molecule has 5 heteroatoms. The van der Waals surface area contributed by atoms with Gasteiger partial charge in [0, 0.05) is 30.3 Å². The number of aromatic nitrogens is 4. The van der Waals surface area contributed by atoms with Crippen LogP contribution in [0.2, 0.25) is 0 Å². The Hall–Kier alpha value is -2.69. The van der Waals surface area contributed by atoms with Gasteiger partial charge in [-0.2, -0.15) is 0 Å². The molecule has 27 heavy (non-hydrogen) atoms. The van der Waals surface area contributed by atoms with E-state index in [4.69, 9.17) is 4.74 Å². The van der Waals surface area contributed by atoms with Crippen LogP contribution in [-0.2, 0) is 6.42 Å². The van der Waals surface area contributed by atoms with Gasteiger partial charge in [-0.3, -0.25) is 4.57 Å². The first-order valence-corrected chi connectivity index (χ1v) is 9.83. The van der Waals surface area contributed by atoms with Crippen molar-refractivity contribution in [2.45, 2.75) is 58.0 Å². The summed E-state index contributed by atoms with van der Waals surface area (Å²) in [5, 5.41) is 9.05. The highest BCUT2D eigenvalue weighted by Gasteiger charge is 2.28. The largest absolute Gasteiger partial charge is 0.474 e. The lowest BCUT2D eigenvalue weighted by Gasteiger charge is -2.28. The van der Waals surface area contributed by atoms with E-state index in [-0.39, 0.29) is 6.10 Å². The standard InChI is InChI=1S/C22H26N4O/c1-3-20-24-25-22(26(20)18-11-7-16(2)8-12-18)17-9-13-19(14-10-17)27-21-6-4-5-15-23-21/h4-8,11-12,15,17,19H,3,9-10,13-14H2,1-2H3/t17-,19-. The molecule has 140 valence electrons. The molecule has 0 spiro atoms. The second-order valence-electron chi connectivity index (χ2n) is 7.26. The Bertz CT molecular complexity index is 865. The van der Waals surface area contributed by atoms with E-state index in [2.05, 4.69) is 57.9 Å². The predicted molar refractivity (Wildman–Crippen MR) is 105 cm³/mol. The van der Waals surface area contributed by atoms with Crippen molar-refractivity contribution < 1.29 is 4.74 Å². The molecule has 0 bridgehead atoms. The molecule has 2 aromatic heterocycles. The van der Waals surface area contributed by atoms with E-state index in [1.54, 1.807) is 6.20 Å². The molecular weight excluding hydrogens is 336 g/mol. The number of hydrogen-bond donors (Lipinski definition) is 0. The highest BCUT2D eigenvalue weighted by atomic mass is 16.5. The molecule has 1 aromatic carbocycles. The average Bonchev–Trinajstić information content (AvgIpc) is 3.14. The number of nitrogens with zero attached hydrogens (tertiary/aromatic N) is 4. The van der Waals surface area contributed by atoms with Crippen molar-refractivity contribution in [3.05, 3.63) is 65.9 Å². The molecular formula is C22H26N4O. The van der Waals surface area contributed by atoms with E-state index < -0.39 is 0 Å². The molecule has 0 aliphatic heterocycles. The van der Waals surface area contributed by atoms with Crippen molar-refractivity contribution in [1.82, 2.24) is 19.7 Å². The third kappa shape index (κ3) is 3.87. The molecule has 0 saturated heterocycles. The van der Waals surface area contributed by atoms with Crippen molar-refractivity contribution in [2.24, 2.45) is 0 Å². The Morgan fingerprint density at radius 3 is 2.44 bits per heavy atom. The molecule has 0 unspecified atom stereocenters. The molecule has 0 radical (unpaired) electrons. The van der Waals surface area contributed by atoms with E-state index in [0.29, 0.717) is 5.92 Å². The van der Waals surface area contributed by atoms with Crippen LogP contribution in [0.1, 0.15) is 55.7 Å². The van der Waals surface area contributed by atoms with E-state index in [1.165, 1.54) is 5.56 Å². The van der Waals surface area contributed by atoms with Crippen LogP contribution in [0.5, 0.6) is 5.88 Å². The maximum Gasteiger partial charge on any atom is 0.213 e. The summed E-state index contributed by atoms with van der Waals surface area (Å²) in [5.41, 5.74) is 2.42. The van der Waals surface area contributed by atoms with Gasteiger partial charge in [0.15, 0.2) is 0 Å². The predicted octanol–water partition coefficient (Wildman–Crippen LogP) is 4.64. The molecule has 1 fully saturated rings. The fourth-order valence-corrected chi connectivity index (χ4v) is 3.83. The van der Waals surface area contributed by atoms with E-state index in [9.17, 15) is 0 Å². The van der Waals surface area contributed by atoms with Gasteiger partial charge in [-0.1, -0.05) is 30.7 Å². The molecule has 1 aliphatic carbocycles. The summed E-state index contributed by atoms with van der Waals surface area (Å²) in [4.78, 5) is 4.28. The fraction of sp³-hybridized carbons (Fsp3) is 0.409. The maximum atomic E-state index is 6.04. The molecule has 4 rings (SSSR count). The summed E-state index contributed by atoms with van der Waals surface area (Å²) in [5.74, 6) is 3.26. The Morgan fingerprint density at radius 2 is 1.78 bits per heavy atom. The van der Waals surface area contributed by atoms with E-state index >= 15 is 0 Å². The Kier molecular flexibility index (Phi) is 5.19. The number of aryl methyl sites for hydroxylation is 2. The Morgan fingerprint density at radius 1 is 1.00 bits per heavy atom. The van der Waals surface area contributed by atoms with Gasteiger partial charge in [-0.25, -0.2) is 4.98 Å². The van der Waals surface area contributed by atoms with Crippen LogP contribution in [0.25, 0.3) is 5.69 Å². The number of rotatable bonds is 5. The van der Waals surface area contributed by atoms with E-state index in [1.807, 2.05) is 18.2 Å². The molecule has 1 saturated carbocycles. The minimum absolute atomic E-state index is 0.234. The number of benzene rings is 1. The van der Waals surface area contributed by atoms with Crippen LogP contribution in [0.15, 0.2) is 48.7 Å². The van der Waals surface area contributed by atoms with Gasteiger partial charge >= 0.3 is 0 Å². The first kappa shape index (κ1) is 17.7. The van der Waals surface area contributed by atoms with Crippen LogP contribution >= 0.6 is 0 Å². The van der Waals surface area contributed by atoms with Gasteiger partial charge < -0.3 is 4.74 Å². The van der Waals surface area contributed by atoms with Gasteiger partial charge in [-0.05, 0) is 50.8 Å². The van der Waals surface area contributed by atoms with Crippen LogP contribution in [0, 0.1) is 6.92 Å². The van der Waals surface area contributed by atoms with Gasteiger partial charge in [0.05, 0.1) is 0 Å². The second-order valence-corrected chi connectivity index (χ2v) is 7.26. The van der Waals surface area contributed by atoms with Gasteiger partial charge in [0.2, 0.25) is 5.88 Å². The van der Waals surface area contributed by atoms with Crippen LogP contribution < -0.4 is 4.74 Å². The highest BCUT2D eigenvalue weighted by molar-refractivity contribution is 5.37. The third-order valence-corrected chi connectivity index (χ3v) is 5.33. The first-order chi connectivity index (χ1) is 13.2. The number of pyridine rings is 1. The Balaban J connectivity index is 1.50. The lowest BCUT2D eigenvalue weighted by molar-refractivity contribution is 0.139. The zero-order valence-electron chi connectivity index (χ0n) is 16.0. The van der Waals surface area contributed by atoms with Gasteiger partial charge in [-0.15, -0.1) is 10.2 Å². The quantitative estimate of drug-likeness (QED) is 0.663. The lowest BCUT2D eigenvalue weighted by atomic mass is 9.86.